The maximum atomic E-state index is 13.0. The maximum absolute atomic E-state index is 13.0. The average molecular weight is 306 g/mol. The highest BCUT2D eigenvalue weighted by molar-refractivity contribution is 6.40. The molecule has 0 saturated heterocycles. The van der Waals surface area contributed by atoms with Crippen molar-refractivity contribution in [2.24, 2.45) is 5.41 Å². The summed E-state index contributed by atoms with van der Waals surface area (Å²) in [6.07, 6.45) is 1.21. The summed E-state index contributed by atoms with van der Waals surface area (Å²) in [7, 11) is 0. The van der Waals surface area contributed by atoms with E-state index in [1.165, 1.54) is 0 Å². The van der Waals surface area contributed by atoms with Crippen molar-refractivity contribution >= 4 is 40.8 Å². The normalized spacial score (nSPS) is 16.6. The summed E-state index contributed by atoms with van der Waals surface area (Å²) in [5, 5.41) is 11.4. The Morgan fingerprint density at radius 1 is 1.26 bits per heavy atom. The second kappa shape index (κ2) is 4.98. The van der Waals surface area contributed by atoms with Gasteiger partial charge in [-0.25, -0.2) is 4.39 Å². The summed E-state index contributed by atoms with van der Waals surface area (Å²) < 4.78 is 13.0. The Morgan fingerprint density at radius 2 is 1.79 bits per heavy atom. The molecule has 0 unspecified atom stereocenters. The second-order valence-electron chi connectivity index (χ2n) is 4.44. The van der Waals surface area contributed by atoms with Gasteiger partial charge in [0.2, 0.25) is 5.91 Å². The van der Waals surface area contributed by atoms with Crippen molar-refractivity contribution in [2.45, 2.75) is 19.3 Å². The number of carbonyl (C=O) groups excluding carboxylic acids is 1. The molecule has 1 aliphatic carbocycles. The van der Waals surface area contributed by atoms with E-state index in [-0.39, 0.29) is 28.6 Å². The van der Waals surface area contributed by atoms with Gasteiger partial charge in [0.15, 0.2) is 0 Å². The Kier molecular flexibility index (Phi) is 3.69. The Morgan fingerprint density at radius 3 is 2.16 bits per heavy atom. The standard InChI is InChI=1S/C12H10Cl2FNO3/c13-7-4-6(15)5-8(14)9(7)16-10(17)12(11(18)19)2-1-3-12/h4-5H,1-3H2,(H,16,17)(H,18,19). The fourth-order valence-electron chi connectivity index (χ4n) is 1.96. The molecule has 0 bridgehead atoms. The summed E-state index contributed by atoms with van der Waals surface area (Å²) in [4.78, 5) is 23.2. The van der Waals surface area contributed by atoms with Crippen LogP contribution in [0.4, 0.5) is 10.1 Å². The zero-order valence-corrected chi connectivity index (χ0v) is 11.2. The van der Waals surface area contributed by atoms with Crippen LogP contribution in [0.2, 0.25) is 10.0 Å². The van der Waals surface area contributed by atoms with E-state index in [1.54, 1.807) is 0 Å². The van der Waals surface area contributed by atoms with Gasteiger partial charge < -0.3 is 10.4 Å². The molecule has 0 atom stereocenters. The van der Waals surface area contributed by atoms with Gasteiger partial charge in [-0.15, -0.1) is 0 Å². The number of nitrogens with one attached hydrogen (secondary N) is 1. The lowest BCUT2D eigenvalue weighted by Crippen LogP contribution is -2.48. The monoisotopic (exact) mass is 305 g/mol. The number of amides is 1. The summed E-state index contributed by atoms with van der Waals surface area (Å²) >= 11 is 11.6. The van der Waals surface area contributed by atoms with E-state index in [4.69, 9.17) is 28.3 Å². The van der Waals surface area contributed by atoms with Crippen LogP contribution in [0.3, 0.4) is 0 Å². The van der Waals surface area contributed by atoms with Crippen LogP contribution in [0, 0.1) is 11.2 Å². The zero-order valence-electron chi connectivity index (χ0n) is 9.67. The molecular formula is C12H10Cl2FNO3. The highest BCUT2D eigenvalue weighted by atomic mass is 35.5. The summed E-state index contributed by atoms with van der Waals surface area (Å²) in [5.41, 5.74) is -1.40. The zero-order chi connectivity index (χ0) is 14.2. The number of anilines is 1. The van der Waals surface area contributed by atoms with Crippen LogP contribution in [0.1, 0.15) is 19.3 Å². The van der Waals surface area contributed by atoms with Gasteiger partial charge in [-0.05, 0) is 25.0 Å². The smallest absolute Gasteiger partial charge is 0.319 e. The lowest BCUT2D eigenvalue weighted by Gasteiger charge is -2.35. The third-order valence-electron chi connectivity index (χ3n) is 3.30. The van der Waals surface area contributed by atoms with Crippen LogP contribution in [-0.4, -0.2) is 17.0 Å². The van der Waals surface area contributed by atoms with Gasteiger partial charge in [-0.1, -0.05) is 29.6 Å². The van der Waals surface area contributed by atoms with Gasteiger partial charge >= 0.3 is 5.97 Å². The number of halogens is 3. The van der Waals surface area contributed by atoms with Gasteiger partial charge in [0.1, 0.15) is 11.2 Å². The fraction of sp³-hybridized carbons (Fsp3) is 0.333. The van der Waals surface area contributed by atoms with Gasteiger partial charge in [-0.3, -0.25) is 9.59 Å². The van der Waals surface area contributed by atoms with Gasteiger partial charge in [0, 0.05) is 0 Å². The molecule has 102 valence electrons. The highest BCUT2D eigenvalue weighted by Crippen LogP contribution is 2.43. The first kappa shape index (κ1) is 14.1. The van der Waals surface area contributed by atoms with Crippen molar-refractivity contribution in [2.75, 3.05) is 5.32 Å². The van der Waals surface area contributed by atoms with E-state index in [0.29, 0.717) is 6.42 Å². The van der Waals surface area contributed by atoms with Crippen molar-refractivity contribution < 1.29 is 19.1 Å². The fourth-order valence-corrected chi connectivity index (χ4v) is 2.52. The van der Waals surface area contributed by atoms with E-state index in [0.717, 1.165) is 12.1 Å². The Hall–Kier alpha value is -1.33. The molecule has 1 aromatic rings. The quantitative estimate of drug-likeness (QED) is 0.842. The molecule has 1 amide bonds. The Balaban J connectivity index is 2.27. The Labute approximate surface area is 118 Å². The van der Waals surface area contributed by atoms with Crippen LogP contribution in [0.25, 0.3) is 0 Å². The summed E-state index contributed by atoms with van der Waals surface area (Å²) in [6, 6.07) is 1.99. The van der Waals surface area contributed by atoms with Crippen molar-refractivity contribution in [3.8, 4) is 0 Å². The SMILES string of the molecule is O=C(O)C1(C(=O)Nc2c(Cl)cc(F)cc2Cl)CCC1. The third-order valence-corrected chi connectivity index (χ3v) is 3.89. The molecule has 1 fully saturated rings. The van der Waals surface area contributed by atoms with Crippen molar-refractivity contribution in [3.05, 3.63) is 28.0 Å². The number of aliphatic carboxylic acids is 1. The van der Waals surface area contributed by atoms with Gasteiger partial charge in [0.25, 0.3) is 0 Å². The van der Waals surface area contributed by atoms with Crippen LogP contribution in [-0.2, 0) is 9.59 Å². The molecule has 0 spiro atoms. The minimum Gasteiger partial charge on any atom is -0.480 e. The summed E-state index contributed by atoms with van der Waals surface area (Å²) in [5.74, 6) is -2.49. The molecular weight excluding hydrogens is 296 g/mol. The largest absolute Gasteiger partial charge is 0.480 e. The minimum atomic E-state index is -1.43. The van der Waals surface area contributed by atoms with Gasteiger partial charge in [-0.2, -0.15) is 0 Å². The van der Waals surface area contributed by atoms with Crippen molar-refractivity contribution in [1.82, 2.24) is 0 Å². The van der Waals surface area contributed by atoms with E-state index in [9.17, 15) is 14.0 Å². The van der Waals surface area contributed by atoms with Crippen LogP contribution >= 0.6 is 23.2 Å². The van der Waals surface area contributed by atoms with Crippen LogP contribution < -0.4 is 5.32 Å². The van der Waals surface area contributed by atoms with Gasteiger partial charge in [0.05, 0.1) is 15.7 Å². The van der Waals surface area contributed by atoms with E-state index >= 15 is 0 Å². The predicted molar refractivity (Wildman–Crippen MR) is 69.0 cm³/mol. The topological polar surface area (TPSA) is 66.4 Å². The molecule has 1 aromatic carbocycles. The number of hydrogen-bond donors (Lipinski definition) is 2. The minimum absolute atomic E-state index is 0.0299. The number of carboxylic acid groups (broad SMARTS) is 1. The first-order chi connectivity index (χ1) is 8.86. The molecule has 4 nitrogen and oxygen atoms in total. The third kappa shape index (κ3) is 2.40. The molecule has 1 saturated carbocycles. The van der Waals surface area contributed by atoms with Crippen molar-refractivity contribution in [3.63, 3.8) is 0 Å². The molecule has 2 rings (SSSR count). The first-order valence-corrected chi connectivity index (χ1v) is 6.32. The van der Waals surface area contributed by atoms with Crippen molar-refractivity contribution in [1.29, 1.82) is 0 Å². The van der Waals surface area contributed by atoms with E-state index in [2.05, 4.69) is 5.32 Å². The Bertz CT molecular complexity index is 535. The lowest BCUT2D eigenvalue weighted by atomic mass is 9.68. The number of benzene rings is 1. The first-order valence-electron chi connectivity index (χ1n) is 5.56. The highest BCUT2D eigenvalue weighted by Gasteiger charge is 2.51. The molecule has 0 aliphatic heterocycles. The molecule has 2 N–H and O–H groups in total. The molecule has 0 radical (unpaired) electrons. The lowest BCUT2D eigenvalue weighted by molar-refractivity contribution is -0.159. The average Bonchev–Trinajstić information content (AvgIpc) is 2.20. The number of rotatable bonds is 3. The molecule has 1 aliphatic rings. The predicted octanol–water partition coefficient (Wildman–Crippen LogP) is 3.33. The molecule has 0 aromatic heterocycles. The molecule has 7 heteroatoms. The van der Waals surface area contributed by atoms with Crippen LogP contribution in [0.5, 0.6) is 0 Å². The summed E-state index contributed by atoms with van der Waals surface area (Å²) in [6.45, 7) is 0. The second-order valence-corrected chi connectivity index (χ2v) is 5.25. The number of carboxylic acids is 1. The molecule has 19 heavy (non-hydrogen) atoms. The number of carbonyl (C=O) groups is 2. The van der Waals surface area contributed by atoms with Crippen LogP contribution in [0.15, 0.2) is 12.1 Å². The molecule has 0 heterocycles. The number of hydrogen-bond acceptors (Lipinski definition) is 2. The van der Waals surface area contributed by atoms with E-state index in [1.807, 2.05) is 0 Å². The van der Waals surface area contributed by atoms with E-state index < -0.39 is 23.1 Å². The maximum Gasteiger partial charge on any atom is 0.319 e.